The van der Waals surface area contributed by atoms with E-state index in [-0.39, 0.29) is 11.5 Å². The van der Waals surface area contributed by atoms with E-state index in [0.29, 0.717) is 11.1 Å². The van der Waals surface area contributed by atoms with E-state index in [1.54, 1.807) is 24.3 Å². The molecule has 2 aromatic rings. The molecule has 0 aromatic heterocycles. The van der Waals surface area contributed by atoms with E-state index >= 15 is 0 Å². The van der Waals surface area contributed by atoms with Crippen LogP contribution in [0.2, 0.25) is 0 Å². The Morgan fingerprint density at radius 1 is 1.00 bits per heavy atom. The molecule has 0 saturated carbocycles. The number of carbonyl (C=O) groups is 1. The molecule has 0 amide bonds. The third-order valence-corrected chi connectivity index (χ3v) is 3.42. The van der Waals surface area contributed by atoms with E-state index in [9.17, 15) is 9.90 Å². The molecule has 0 aliphatic carbocycles. The molecule has 1 N–H and O–H groups in total. The summed E-state index contributed by atoms with van der Waals surface area (Å²) in [5.41, 5.74) is 2.91. The van der Waals surface area contributed by atoms with Crippen molar-refractivity contribution >= 4 is 21.7 Å². The highest BCUT2D eigenvalue weighted by Gasteiger charge is 2.16. The van der Waals surface area contributed by atoms with Crippen LogP contribution in [0.4, 0.5) is 0 Å². The first-order valence-corrected chi connectivity index (χ1v) is 6.39. The van der Waals surface area contributed by atoms with Gasteiger partial charge in [-0.2, -0.15) is 0 Å². The smallest absolute Gasteiger partial charge is 0.197 e. The van der Waals surface area contributed by atoms with Gasteiger partial charge in [-0.1, -0.05) is 33.6 Å². The van der Waals surface area contributed by atoms with Crippen molar-refractivity contribution in [1.29, 1.82) is 0 Å². The van der Waals surface area contributed by atoms with Crippen molar-refractivity contribution < 1.29 is 9.90 Å². The number of carbonyl (C=O) groups excluding carboxylic acids is 1. The molecular formula is C15H13BrO2. The zero-order valence-electron chi connectivity index (χ0n) is 10.2. The van der Waals surface area contributed by atoms with E-state index in [0.717, 1.165) is 15.6 Å². The van der Waals surface area contributed by atoms with Crippen molar-refractivity contribution in [3.63, 3.8) is 0 Å². The highest BCUT2D eigenvalue weighted by atomic mass is 79.9. The Morgan fingerprint density at radius 3 is 2.28 bits per heavy atom. The second-order valence-corrected chi connectivity index (χ2v) is 5.19. The van der Waals surface area contributed by atoms with E-state index in [4.69, 9.17) is 0 Å². The predicted molar refractivity (Wildman–Crippen MR) is 75.2 cm³/mol. The van der Waals surface area contributed by atoms with Gasteiger partial charge in [-0.05, 0) is 43.7 Å². The van der Waals surface area contributed by atoms with Crippen LogP contribution in [0.5, 0.6) is 5.75 Å². The predicted octanol–water partition coefficient (Wildman–Crippen LogP) is 4.00. The molecule has 92 valence electrons. The van der Waals surface area contributed by atoms with Crippen LogP contribution in [0, 0.1) is 13.8 Å². The largest absolute Gasteiger partial charge is 0.507 e. The Hall–Kier alpha value is -1.61. The van der Waals surface area contributed by atoms with Crippen molar-refractivity contribution in [2.75, 3.05) is 0 Å². The minimum Gasteiger partial charge on any atom is -0.507 e. The maximum atomic E-state index is 12.4. The van der Waals surface area contributed by atoms with Crippen LogP contribution in [0.15, 0.2) is 40.9 Å². The van der Waals surface area contributed by atoms with Gasteiger partial charge in [0.25, 0.3) is 0 Å². The summed E-state index contributed by atoms with van der Waals surface area (Å²) >= 11 is 3.39. The third-order valence-electron chi connectivity index (χ3n) is 2.77. The minimum absolute atomic E-state index is 0.0121. The first-order valence-electron chi connectivity index (χ1n) is 5.59. The molecule has 0 heterocycles. The summed E-state index contributed by atoms with van der Waals surface area (Å²) in [6.07, 6.45) is 0. The zero-order chi connectivity index (χ0) is 13.3. The maximum Gasteiger partial charge on any atom is 0.197 e. The summed E-state index contributed by atoms with van der Waals surface area (Å²) < 4.78 is 0.744. The highest BCUT2D eigenvalue weighted by Crippen LogP contribution is 2.26. The number of ketones is 1. The van der Waals surface area contributed by atoms with Crippen LogP contribution in [0.25, 0.3) is 0 Å². The normalized spacial score (nSPS) is 10.4. The van der Waals surface area contributed by atoms with Crippen LogP contribution in [-0.4, -0.2) is 10.9 Å². The Bertz CT molecular complexity index is 618. The minimum atomic E-state index is -0.178. The van der Waals surface area contributed by atoms with Gasteiger partial charge >= 0.3 is 0 Å². The van der Waals surface area contributed by atoms with Gasteiger partial charge in [-0.25, -0.2) is 0 Å². The van der Waals surface area contributed by atoms with Crippen LogP contribution < -0.4 is 0 Å². The molecule has 3 heteroatoms. The molecule has 0 atom stereocenters. The maximum absolute atomic E-state index is 12.4. The molecule has 2 nitrogen and oxygen atoms in total. The fourth-order valence-corrected chi connectivity index (χ4v) is 2.45. The van der Waals surface area contributed by atoms with Crippen LogP contribution >= 0.6 is 15.9 Å². The van der Waals surface area contributed by atoms with Crippen molar-refractivity contribution in [3.05, 3.63) is 63.1 Å². The Balaban J connectivity index is 2.51. The first kappa shape index (κ1) is 12.8. The van der Waals surface area contributed by atoms with E-state index in [2.05, 4.69) is 15.9 Å². The third kappa shape index (κ3) is 2.46. The van der Waals surface area contributed by atoms with Gasteiger partial charge in [0.05, 0.1) is 5.56 Å². The second kappa shape index (κ2) is 4.94. The van der Waals surface area contributed by atoms with Gasteiger partial charge in [0.1, 0.15) is 5.75 Å². The summed E-state index contributed by atoms with van der Waals surface area (Å²) in [6.45, 7) is 3.85. The molecular weight excluding hydrogens is 292 g/mol. The van der Waals surface area contributed by atoms with Crippen molar-refractivity contribution in [3.8, 4) is 5.75 Å². The van der Waals surface area contributed by atoms with Crippen molar-refractivity contribution in [2.24, 2.45) is 0 Å². The Kier molecular flexibility index (Phi) is 3.53. The van der Waals surface area contributed by atoms with Crippen molar-refractivity contribution in [2.45, 2.75) is 13.8 Å². The van der Waals surface area contributed by atoms with E-state index < -0.39 is 0 Å². The molecule has 2 rings (SSSR count). The fraction of sp³-hybridized carbons (Fsp3) is 0.133. The quantitative estimate of drug-likeness (QED) is 0.851. The lowest BCUT2D eigenvalue weighted by Crippen LogP contribution is -2.03. The van der Waals surface area contributed by atoms with E-state index in [1.165, 1.54) is 0 Å². The lowest BCUT2D eigenvalue weighted by atomic mass is 10.00. The first-order chi connectivity index (χ1) is 8.49. The molecule has 2 aromatic carbocycles. The zero-order valence-corrected chi connectivity index (χ0v) is 11.8. The molecule has 0 aliphatic heterocycles. The number of benzene rings is 2. The fourth-order valence-electron chi connectivity index (χ4n) is 1.78. The molecule has 0 saturated heterocycles. The number of hydrogen-bond acceptors (Lipinski definition) is 2. The standard InChI is InChI=1S/C15H13BrO2/c1-9-4-6-14(17)12(7-9)15(18)11-5-3-10(2)8-13(11)16/h3-8,17H,1-2H3. The van der Waals surface area contributed by atoms with Crippen LogP contribution in [0.1, 0.15) is 27.0 Å². The van der Waals surface area contributed by atoms with Crippen molar-refractivity contribution in [1.82, 2.24) is 0 Å². The number of phenolic OH excluding ortho intramolecular Hbond substituents is 1. The lowest BCUT2D eigenvalue weighted by molar-refractivity contribution is 0.103. The average molecular weight is 305 g/mol. The van der Waals surface area contributed by atoms with Gasteiger partial charge in [-0.15, -0.1) is 0 Å². The monoisotopic (exact) mass is 304 g/mol. The molecule has 0 fully saturated rings. The summed E-state index contributed by atoms with van der Waals surface area (Å²) in [5, 5.41) is 9.78. The van der Waals surface area contributed by atoms with Gasteiger partial charge in [0, 0.05) is 10.0 Å². The number of phenols is 1. The van der Waals surface area contributed by atoms with Crippen LogP contribution in [-0.2, 0) is 0 Å². The number of aryl methyl sites for hydroxylation is 2. The van der Waals surface area contributed by atoms with E-state index in [1.807, 2.05) is 26.0 Å². The molecule has 0 spiro atoms. The average Bonchev–Trinajstić information content (AvgIpc) is 2.31. The number of rotatable bonds is 2. The molecule has 0 radical (unpaired) electrons. The Morgan fingerprint density at radius 2 is 1.61 bits per heavy atom. The summed E-state index contributed by atoms with van der Waals surface area (Å²) in [6, 6.07) is 10.6. The van der Waals surface area contributed by atoms with Gasteiger partial charge in [0.2, 0.25) is 0 Å². The van der Waals surface area contributed by atoms with Gasteiger partial charge in [0.15, 0.2) is 5.78 Å². The highest BCUT2D eigenvalue weighted by molar-refractivity contribution is 9.10. The van der Waals surface area contributed by atoms with Gasteiger partial charge in [-0.3, -0.25) is 4.79 Å². The number of halogens is 1. The van der Waals surface area contributed by atoms with Crippen LogP contribution in [0.3, 0.4) is 0 Å². The summed E-state index contributed by atoms with van der Waals surface area (Å²) in [5.74, 6) is -0.166. The summed E-state index contributed by atoms with van der Waals surface area (Å²) in [4.78, 5) is 12.4. The number of hydrogen-bond donors (Lipinski definition) is 1. The summed E-state index contributed by atoms with van der Waals surface area (Å²) in [7, 11) is 0. The topological polar surface area (TPSA) is 37.3 Å². The Labute approximate surface area is 114 Å². The van der Waals surface area contributed by atoms with Gasteiger partial charge < -0.3 is 5.11 Å². The molecule has 18 heavy (non-hydrogen) atoms. The lowest BCUT2D eigenvalue weighted by Gasteiger charge is -2.07. The number of aromatic hydroxyl groups is 1. The molecule has 0 bridgehead atoms. The molecule has 0 unspecified atom stereocenters. The second-order valence-electron chi connectivity index (χ2n) is 4.33. The molecule has 0 aliphatic rings. The SMILES string of the molecule is Cc1ccc(C(=O)c2cc(C)ccc2O)c(Br)c1.